The number of nitrogen functional groups attached to an aromatic ring is 1. The van der Waals surface area contributed by atoms with E-state index in [2.05, 4.69) is 27.1 Å². The van der Waals surface area contributed by atoms with Gasteiger partial charge < -0.3 is 11.1 Å². The van der Waals surface area contributed by atoms with E-state index in [1.165, 1.54) is 6.33 Å². The lowest BCUT2D eigenvalue weighted by atomic mass is 10.5. The molecule has 1 aromatic rings. The zero-order valence-corrected chi connectivity index (χ0v) is 6.83. The van der Waals surface area contributed by atoms with Crippen LogP contribution in [-0.4, -0.2) is 16.5 Å². The Balaban J connectivity index is 2.55. The van der Waals surface area contributed by atoms with Crippen LogP contribution in [0.3, 0.4) is 0 Å². The predicted octanol–water partition coefficient (Wildman–Crippen LogP) is 0.494. The average Bonchev–Trinajstić information content (AvgIpc) is 2.05. The van der Waals surface area contributed by atoms with E-state index in [0.717, 1.165) is 0 Å². The van der Waals surface area contributed by atoms with Crippen molar-refractivity contribution in [3.05, 3.63) is 12.4 Å². The summed E-state index contributed by atoms with van der Waals surface area (Å²) in [4.78, 5) is 7.70. The molecule has 0 spiro atoms. The highest BCUT2D eigenvalue weighted by Crippen LogP contribution is 2.03. The van der Waals surface area contributed by atoms with Crippen molar-refractivity contribution in [1.82, 2.24) is 9.97 Å². The van der Waals surface area contributed by atoms with Crippen LogP contribution in [0.25, 0.3) is 0 Å². The minimum atomic E-state index is 0.456. The van der Waals surface area contributed by atoms with E-state index in [4.69, 9.17) is 5.73 Å². The van der Waals surface area contributed by atoms with E-state index < -0.39 is 0 Å². The SMILES string of the molecule is CC#CCNc1cc(N)ncn1. The van der Waals surface area contributed by atoms with Crippen molar-refractivity contribution in [2.75, 3.05) is 17.6 Å². The van der Waals surface area contributed by atoms with E-state index in [-0.39, 0.29) is 0 Å². The van der Waals surface area contributed by atoms with Crippen LogP contribution in [0.2, 0.25) is 0 Å². The van der Waals surface area contributed by atoms with Crippen molar-refractivity contribution in [3.8, 4) is 11.8 Å². The molecular formula is C8H10N4. The van der Waals surface area contributed by atoms with E-state index in [9.17, 15) is 0 Å². The molecule has 1 rings (SSSR count). The van der Waals surface area contributed by atoms with E-state index in [1.807, 2.05) is 0 Å². The maximum atomic E-state index is 5.44. The van der Waals surface area contributed by atoms with Gasteiger partial charge in [0.05, 0.1) is 6.54 Å². The molecule has 0 amide bonds. The molecule has 0 aromatic carbocycles. The fourth-order valence-electron chi connectivity index (χ4n) is 0.692. The van der Waals surface area contributed by atoms with Gasteiger partial charge in [0.25, 0.3) is 0 Å². The summed E-state index contributed by atoms with van der Waals surface area (Å²) in [5, 5.41) is 2.98. The second-order valence-corrected chi connectivity index (χ2v) is 2.11. The molecule has 4 heteroatoms. The second-order valence-electron chi connectivity index (χ2n) is 2.11. The van der Waals surface area contributed by atoms with Gasteiger partial charge in [-0.05, 0) is 6.92 Å². The lowest BCUT2D eigenvalue weighted by Crippen LogP contribution is -2.02. The first-order valence-electron chi connectivity index (χ1n) is 3.54. The third kappa shape index (κ3) is 2.46. The largest absolute Gasteiger partial charge is 0.384 e. The maximum Gasteiger partial charge on any atom is 0.132 e. The molecule has 0 aliphatic rings. The quantitative estimate of drug-likeness (QED) is 0.621. The lowest BCUT2D eigenvalue weighted by Gasteiger charge is -1.99. The molecule has 1 heterocycles. The number of hydrogen-bond donors (Lipinski definition) is 2. The van der Waals surface area contributed by atoms with E-state index in [0.29, 0.717) is 18.2 Å². The Labute approximate surface area is 71.2 Å². The smallest absolute Gasteiger partial charge is 0.132 e. The topological polar surface area (TPSA) is 63.8 Å². The Kier molecular flexibility index (Phi) is 2.91. The first-order chi connectivity index (χ1) is 5.83. The molecule has 0 atom stereocenters. The fraction of sp³-hybridized carbons (Fsp3) is 0.250. The normalized spacial score (nSPS) is 8.42. The summed E-state index contributed by atoms with van der Waals surface area (Å²) >= 11 is 0. The summed E-state index contributed by atoms with van der Waals surface area (Å²) in [7, 11) is 0. The van der Waals surface area contributed by atoms with Crippen molar-refractivity contribution in [2.45, 2.75) is 6.92 Å². The van der Waals surface area contributed by atoms with E-state index in [1.54, 1.807) is 13.0 Å². The summed E-state index contributed by atoms with van der Waals surface area (Å²) in [6, 6.07) is 1.66. The van der Waals surface area contributed by atoms with Crippen LogP contribution in [0.5, 0.6) is 0 Å². The lowest BCUT2D eigenvalue weighted by molar-refractivity contribution is 1.15. The first kappa shape index (κ1) is 8.34. The van der Waals surface area contributed by atoms with Gasteiger partial charge in [-0.15, -0.1) is 5.92 Å². The van der Waals surface area contributed by atoms with Crippen molar-refractivity contribution in [1.29, 1.82) is 0 Å². The van der Waals surface area contributed by atoms with Crippen LogP contribution in [0.15, 0.2) is 12.4 Å². The Morgan fingerprint density at radius 1 is 1.58 bits per heavy atom. The van der Waals surface area contributed by atoms with Crippen molar-refractivity contribution in [2.24, 2.45) is 0 Å². The molecule has 0 bridgehead atoms. The van der Waals surface area contributed by atoms with Gasteiger partial charge >= 0.3 is 0 Å². The molecule has 3 N–H and O–H groups in total. The number of nitrogens with zero attached hydrogens (tertiary/aromatic N) is 2. The molecular weight excluding hydrogens is 152 g/mol. The highest BCUT2D eigenvalue weighted by molar-refractivity contribution is 5.43. The number of rotatable bonds is 2. The second kappa shape index (κ2) is 4.19. The van der Waals surface area contributed by atoms with Gasteiger partial charge in [0.1, 0.15) is 18.0 Å². The molecule has 0 radical (unpaired) electrons. The van der Waals surface area contributed by atoms with Crippen molar-refractivity contribution >= 4 is 11.6 Å². The van der Waals surface area contributed by atoms with Crippen LogP contribution in [0.1, 0.15) is 6.92 Å². The minimum absolute atomic E-state index is 0.456. The van der Waals surface area contributed by atoms with Crippen LogP contribution in [0, 0.1) is 11.8 Å². The van der Waals surface area contributed by atoms with Crippen LogP contribution in [0.4, 0.5) is 11.6 Å². The zero-order chi connectivity index (χ0) is 8.81. The average molecular weight is 162 g/mol. The number of anilines is 2. The van der Waals surface area contributed by atoms with E-state index >= 15 is 0 Å². The molecule has 4 nitrogen and oxygen atoms in total. The molecule has 0 aliphatic heterocycles. The first-order valence-corrected chi connectivity index (χ1v) is 3.54. The molecule has 62 valence electrons. The molecule has 0 saturated carbocycles. The summed E-state index contributed by atoms with van der Waals surface area (Å²) in [6.45, 7) is 2.36. The highest BCUT2D eigenvalue weighted by Gasteiger charge is 1.91. The Morgan fingerprint density at radius 2 is 2.42 bits per heavy atom. The molecule has 0 aliphatic carbocycles. The summed E-state index contributed by atoms with van der Waals surface area (Å²) < 4.78 is 0. The van der Waals surface area contributed by atoms with Gasteiger partial charge in [-0.3, -0.25) is 0 Å². The molecule has 0 fully saturated rings. The maximum absolute atomic E-state index is 5.44. The zero-order valence-electron chi connectivity index (χ0n) is 6.83. The van der Waals surface area contributed by atoms with Gasteiger partial charge in [-0.1, -0.05) is 5.92 Å². The van der Waals surface area contributed by atoms with Gasteiger partial charge in [-0.2, -0.15) is 0 Å². The molecule has 12 heavy (non-hydrogen) atoms. The molecule has 1 aromatic heterocycles. The van der Waals surface area contributed by atoms with Gasteiger partial charge in [-0.25, -0.2) is 9.97 Å². The molecule has 0 saturated heterocycles. The van der Waals surface area contributed by atoms with Crippen molar-refractivity contribution < 1.29 is 0 Å². The van der Waals surface area contributed by atoms with Gasteiger partial charge in [0.2, 0.25) is 0 Å². The monoisotopic (exact) mass is 162 g/mol. The van der Waals surface area contributed by atoms with Gasteiger partial charge in [0, 0.05) is 6.07 Å². The predicted molar refractivity (Wildman–Crippen MR) is 48.4 cm³/mol. The van der Waals surface area contributed by atoms with Crippen molar-refractivity contribution in [3.63, 3.8) is 0 Å². The summed E-state index contributed by atoms with van der Waals surface area (Å²) in [6.07, 6.45) is 1.41. The van der Waals surface area contributed by atoms with Crippen LogP contribution in [-0.2, 0) is 0 Å². The van der Waals surface area contributed by atoms with Gasteiger partial charge in [0.15, 0.2) is 0 Å². The number of nitrogens with one attached hydrogen (secondary N) is 1. The standard InChI is InChI=1S/C8H10N4/c1-2-3-4-10-8-5-7(9)11-6-12-8/h5-6H,4H2,1H3,(H3,9,10,11,12). The van der Waals surface area contributed by atoms with Crippen LogP contribution < -0.4 is 11.1 Å². The fourth-order valence-corrected chi connectivity index (χ4v) is 0.692. The third-order valence-corrected chi connectivity index (χ3v) is 1.22. The molecule has 0 unspecified atom stereocenters. The number of aromatic nitrogens is 2. The Morgan fingerprint density at radius 3 is 3.08 bits per heavy atom. The minimum Gasteiger partial charge on any atom is -0.384 e. The highest BCUT2D eigenvalue weighted by atomic mass is 15.0. The number of hydrogen-bond acceptors (Lipinski definition) is 4. The third-order valence-electron chi connectivity index (χ3n) is 1.22. The van der Waals surface area contributed by atoms with Crippen LogP contribution >= 0.6 is 0 Å². The number of nitrogens with two attached hydrogens (primary N) is 1. The summed E-state index contributed by atoms with van der Waals surface area (Å²) in [5.41, 5.74) is 5.44. The Bertz CT molecular complexity index is 310. The Hall–Kier alpha value is -1.76. The summed E-state index contributed by atoms with van der Waals surface area (Å²) in [5.74, 6) is 6.77.